The summed E-state index contributed by atoms with van der Waals surface area (Å²) in [5.74, 6) is 0.853. The molecule has 0 unspecified atom stereocenters. The Labute approximate surface area is 105 Å². The maximum atomic E-state index is 7.47. The van der Waals surface area contributed by atoms with Crippen LogP contribution in [0.5, 0.6) is 0 Å². The van der Waals surface area contributed by atoms with Crippen molar-refractivity contribution >= 4 is 5.84 Å². The lowest BCUT2D eigenvalue weighted by Crippen LogP contribution is -2.13. The van der Waals surface area contributed by atoms with E-state index in [0.29, 0.717) is 5.56 Å². The topological polar surface area (TPSA) is 80.6 Å². The zero-order chi connectivity index (χ0) is 12.5. The molecule has 0 radical (unpaired) electrons. The van der Waals surface area contributed by atoms with Crippen LogP contribution in [0, 0.1) is 5.41 Å². The number of fused-ring (bicyclic) bond motifs is 1. The van der Waals surface area contributed by atoms with E-state index < -0.39 is 0 Å². The van der Waals surface area contributed by atoms with Gasteiger partial charge in [0.25, 0.3) is 0 Å². The SMILES string of the molecule is N=C(N)c1ccnc(-n2cnc3c2CCCC3)c1. The Morgan fingerprint density at radius 1 is 1.28 bits per heavy atom. The number of hydrogen-bond donors (Lipinski definition) is 2. The van der Waals surface area contributed by atoms with Gasteiger partial charge in [0.1, 0.15) is 18.0 Å². The second-order valence-corrected chi connectivity index (χ2v) is 4.53. The van der Waals surface area contributed by atoms with Gasteiger partial charge in [-0.3, -0.25) is 9.98 Å². The zero-order valence-electron chi connectivity index (χ0n) is 10.1. The van der Waals surface area contributed by atoms with Gasteiger partial charge in [0.05, 0.1) is 5.69 Å². The summed E-state index contributed by atoms with van der Waals surface area (Å²) in [6.07, 6.45) is 8.01. The molecule has 2 heterocycles. The molecule has 0 amide bonds. The molecule has 5 nitrogen and oxygen atoms in total. The lowest BCUT2D eigenvalue weighted by atomic mass is 10.0. The van der Waals surface area contributed by atoms with Gasteiger partial charge < -0.3 is 5.73 Å². The molecule has 3 N–H and O–H groups in total. The lowest BCUT2D eigenvalue weighted by molar-refractivity contribution is 0.654. The highest BCUT2D eigenvalue weighted by molar-refractivity contribution is 5.95. The number of nitrogens with one attached hydrogen (secondary N) is 1. The zero-order valence-corrected chi connectivity index (χ0v) is 10.1. The minimum Gasteiger partial charge on any atom is -0.384 e. The number of aromatic nitrogens is 3. The summed E-state index contributed by atoms with van der Waals surface area (Å²) < 4.78 is 2.01. The maximum Gasteiger partial charge on any atom is 0.138 e. The molecular weight excluding hydrogens is 226 g/mol. The van der Waals surface area contributed by atoms with Crippen molar-refractivity contribution in [2.24, 2.45) is 5.73 Å². The molecule has 0 saturated heterocycles. The van der Waals surface area contributed by atoms with Crippen LogP contribution < -0.4 is 5.73 Å². The van der Waals surface area contributed by atoms with Crippen LogP contribution in [-0.2, 0) is 12.8 Å². The second-order valence-electron chi connectivity index (χ2n) is 4.53. The van der Waals surface area contributed by atoms with Crippen LogP contribution in [0.3, 0.4) is 0 Å². The van der Waals surface area contributed by atoms with E-state index in [-0.39, 0.29) is 5.84 Å². The lowest BCUT2D eigenvalue weighted by Gasteiger charge is -2.13. The normalized spacial score (nSPS) is 14.2. The predicted octanol–water partition coefficient (Wildman–Crippen LogP) is 1.43. The molecule has 2 aromatic heterocycles. The number of rotatable bonds is 2. The van der Waals surface area contributed by atoms with Gasteiger partial charge in [-0.1, -0.05) is 0 Å². The van der Waals surface area contributed by atoms with E-state index in [0.717, 1.165) is 18.7 Å². The van der Waals surface area contributed by atoms with Crippen LogP contribution in [0.4, 0.5) is 0 Å². The number of nitrogens with zero attached hydrogens (tertiary/aromatic N) is 3. The Kier molecular flexibility index (Phi) is 2.59. The average molecular weight is 241 g/mol. The van der Waals surface area contributed by atoms with Crippen molar-refractivity contribution in [3.8, 4) is 5.82 Å². The molecule has 3 rings (SSSR count). The second kappa shape index (κ2) is 4.25. The number of imidazole rings is 1. The summed E-state index contributed by atoms with van der Waals surface area (Å²) in [5, 5.41) is 7.47. The maximum absolute atomic E-state index is 7.47. The summed E-state index contributed by atoms with van der Waals surface area (Å²) in [7, 11) is 0. The standard InChI is InChI=1S/C13H15N5/c14-13(15)9-5-6-16-12(7-9)18-8-17-10-3-1-2-4-11(10)18/h5-8H,1-4H2,(H3,14,15). The molecule has 5 heteroatoms. The molecular formula is C13H15N5. The van der Waals surface area contributed by atoms with Crippen molar-refractivity contribution in [1.29, 1.82) is 5.41 Å². The Balaban J connectivity index is 2.07. The van der Waals surface area contributed by atoms with E-state index >= 15 is 0 Å². The minimum atomic E-state index is 0.0626. The molecule has 0 aromatic carbocycles. The van der Waals surface area contributed by atoms with Crippen LogP contribution in [0.25, 0.3) is 5.82 Å². The predicted molar refractivity (Wildman–Crippen MR) is 69.0 cm³/mol. The third kappa shape index (κ3) is 1.77. The molecule has 1 aliphatic carbocycles. The van der Waals surface area contributed by atoms with Gasteiger partial charge in [0, 0.05) is 17.5 Å². The first-order valence-corrected chi connectivity index (χ1v) is 6.11. The number of pyridine rings is 1. The van der Waals surface area contributed by atoms with Gasteiger partial charge in [-0.05, 0) is 37.8 Å². The summed E-state index contributed by atoms with van der Waals surface area (Å²) in [6, 6.07) is 3.58. The number of amidine groups is 1. The number of nitrogens with two attached hydrogens (primary N) is 1. The van der Waals surface area contributed by atoms with Crippen molar-refractivity contribution in [3.63, 3.8) is 0 Å². The Hall–Kier alpha value is -2.17. The highest BCUT2D eigenvalue weighted by Crippen LogP contribution is 2.22. The number of hydrogen-bond acceptors (Lipinski definition) is 3. The molecule has 0 aliphatic heterocycles. The van der Waals surface area contributed by atoms with Crippen molar-refractivity contribution in [2.45, 2.75) is 25.7 Å². The number of aryl methyl sites for hydroxylation is 1. The van der Waals surface area contributed by atoms with E-state index in [2.05, 4.69) is 9.97 Å². The Morgan fingerprint density at radius 3 is 2.94 bits per heavy atom. The third-order valence-corrected chi connectivity index (χ3v) is 3.33. The van der Waals surface area contributed by atoms with Crippen LogP contribution in [-0.4, -0.2) is 20.4 Å². The van der Waals surface area contributed by atoms with Crippen molar-refractivity contribution < 1.29 is 0 Å². The largest absolute Gasteiger partial charge is 0.384 e. The highest BCUT2D eigenvalue weighted by Gasteiger charge is 2.16. The van der Waals surface area contributed by atoms with Crippen molar-refractivity contribution in [2.75, 3.05) is 0 Å². The molecule has 92 valence electrons. The molecule has 0 saturated carbocycles. The van der Waals surface area contributed by atoms with E-state index in [9.17, 15) is 0 Å². The first kappa shape index (κ1) is 11.0. The molecule has 0 atom stereocenters. The molecule has 0 spiro atoms. The average Bonchev–Trinajstić information content (AvgIpc) is 2.82. The van der Waals surface area contributed by atoms with Gasteiger partial charge >= 0.3 is 0 Å². The third-order valence-electron chi connectivity index (χ3n) is 3.33. The molecule has 18 heavy (non-hydrogen) atoms. The summed E-state index contributed by atoms with van der Waals surface area (Å²) >= 11 is 0. The van der Waals surface area contributed by atoms with Crippen LogP contribution in [0.2, 0.25) is 0 Å². The van der Waals surface area contributed by atoms with Gasteiger partial charge in [0.15, 0.2) is 0 Å². The molecule has 2 aromatic rings. The Bertz CT molecular complexity index is 599. The van der Waals surface area contributed by atoms with Crippen LogP contribution >= 0.6 is 0 Å². The first-order chi connectivity index (χ1) is 8.75. The summed E-state index contributed by atoms with van der Waals surface area (Å²) in [4.78, 5) is 8.79. The van der Waals surface area contributed by atoms with Gasteiger partial charge in [-0.2, -0.15) is 0 Å². The quantitative estimate of drug-likeness (QED) is 0.616. The van der Waals surface area contributed by atoms with Gasteiger partial charge in [-0.25, -0.2) is 9.97 Å². The van der Waals surface area contributed by atoms with E-state index in [1.165, 1.54) is 24.2 Å². The summed E-state index contributed by atoms with van der Waals surface area (Å²) in [6.45, 7) is 0. The van der Waals surface area contributed by atoms with Crippen molar-refractivity contribution in [1.82, 2.24) is 14.5 Å². The fourth-order valence-electron chi connectivity index (χ4n) is 2.38. The molecule has 1 aliphatic rings. The van der Waals surface area contributed by atoms with E-state index in [4.69, 9.17) is 11.1 Å². The minimum absolute atomic E-state index is 0.0626. The smallest absolute Gasteiger partial charge is 0.138 e. The number of nitrogen functional groups attached to an aromatic ring is 1. The van der Waals surface area contributed by atoms with Crippen molar-refractivity contribution in [3.05, 3.63) is 41.6 Å². The highest BCUT2D eigenvalue weighted by atomic mass is 15.1. The van der Waals surface area contributed by atoms with E-state index in [1.807, 2.05) is 17.0 Å². The monoisotopic (exact) mass is 241 g/mol. The van der Waals surface area contributed by atoms with Crippen LogP contribution in [0.15, 0.2) is 24.7 Å². The Morgan fingerprint density at radius 2 is 2.11 bits per heavy atom. The van der Waals surface area contributed by atoms with E-state index in [1.54, 1.807) is 12.3 Å². The molecule has 0 fully saturated rings. The fraction of sp³-hybridized carbons (Fsp3) is 0.308. The van der Waals surface area contributed by atoms with Gasteiger partial charge in [0.2, 0.25) is 0 Å². The fourth-order valence-corrected chi connectivity index (χ4v) is 2.38. The first-order valence-electron chi connectivity index (χ1n) is 6.11. The van der Waals surface area contributed by atoms with Gasteiger partial charge in [-0.15, -0.1) is 0 Å². The van der Waals surface area contributed by atoms with Crippen LogP contribution in [0.1, 0.15) is 29.8 Å². The molecule has 0 bridgehead atoms. The summed E-state index contributed by atoms with van der Waals surface area (Å²) in [5.41, 5.74) is 8.62.